The zero-order chi connectivity index (χ0) is 27.2. The van der Waals surface area contributed by atoms with Crippen molar-refractivity contribution < 1.29 is 14.3 Å². The molecule has 5 rings (SSSR count). The largest absolute Gasteiger partial charge is 0.497 e. The first-order chi connectivity index (χ1) is 19.0. The molecule has 3 aromatic carbocycles. The molecule has 0 saturated carbocycles. The molecule has 39 heavy (non-hydrogen) atoms. The minimum absolute atomic E-state index is 0.215. The molecular weight excluding hydrogens is 512 g/mol. The van der Waals surface area contributed by atoms with E-state index in [0.717, 1.165) is 28.6 Å². The molecule has 2 heterocycles. The van der Waals surface area contributed by atoms with Crippen LogP contribution in [-0.2, 0) is 5.75 Å². The average Bonchev–Trinajstić information content (AvgIpc) is 3.37. The van der Waals surface area contributed by atoms with Crippen molar-refractivity contribution in [1.29, 1.82) is 0 Å². The molecule has 0 aliphatic carbocycles. The SMILES string of the molecule is COc1ccc(-n2nnc(C(=O)Nc3ccc(Oc4ccccc4)cc3)c2CSc2nc(C)cc(C)n2)cc1. The maximum atomic E-state index is 13.4. The molecule has 0 fully saturated rings. The molecule has 0 radical (unpaired) electrons. The van der Waals surface area contributed by atoms with E-state index >= 15 is 0 Å². The number of anilines is 1. The van der Waals surface area contributed by atoms with Crippen LogP contribution in [0.1, 0.15) is 27.6 Å². The lowest BCUT2D eigenvalue weighted by molar-refractivity contribution is 0.102. The minimum atomic E-state index is -0.372. The van der Waals surface area contributed by atoms with Crippen molar-refractivity contribution in [2.75, 3.05) is 12.4 Å². The summed E-state index contributed by atoms with van der Waals surface area (Å²) in [6, 6.07) is 26.0. The van der Waals surface area contributed by atoms with Gasteiger partial charge < -0.3 is 14.8 Å². The second kappa shape index (κ2) is 11.8. The van der Waals surface area contributed by atoms with E-state index in [1.54, 1.807) is 36.1 Å². The fraction of sp³-hybridized carbons (Fsp3) is 0.138. The van der Waals surface area contributed by atoms with E-state index in [1.807, 2.05) is 74.5 Å². The lowest BCUT2D eigenvalue weighted by Gasteiger charge is -2.10. The highest BCUT2D eigenvalue weighted by atomic mass is 32.2. The van der Waals surface area contributed by atoms with Crippen LogP contribution in [0.25, 0.3) is 5.69 Å². The Hall–Kier alpha value is -4.70. The third kappa shape index (κ3) is 6.42. The first-order valence-corrected chi connectivity index (χ1v) is 13.2. The topological polar surface area (TPSA) is 104 Å². The second-order valence-corrected chi connectivity index (χ2v) is 9.55. The number of methoxy groups -OCH3 is 1. The molecular formula is C29H26N6O3S. The number of hydrogen-bond acceptors (Lipinski definition) is 8. The van der Waals surface area contributed by atoms with E-state index in [9.17, 15) is 4.79 Å². The Morgan fingerprint density at radius 2 is 1.51 bits per heavy atom. The molecule has 0 unspecified atom stereocenters. The summed E-state index contributed by atoms with van der Waals surface area (Å²) in [6.45, 7) is 3.86. The van der Waals surface area contributed by atoms with Gasteiger partial charge in [0, 0.05) is 22.8 Å². The van der Waals surface area contributed by atoms with Gasteiger partial charge in [0.1, 0.15) is 17.2 Å². The zero-order valence-corrected chi connectivity index (χ0v) is 22.5. The van der Waals surface area contributed by atoms with Crippen LogP contribution in [0.5, 0.6) is 17.2 Å². The summed E-state index contributed by atoms with van der Waals surface area (Å²) in [5, 5.41) is 12.1. The Morgan fingerprint density at radius 3 is 2.18 bits per heavy atom. The molecule has 0 spiro atoms. The van der Waals surface area contributed by atoms with Gasteiger partial charge in [-0.15, -0.1) is 5.10 Å². The maximum absolute atomic E-state index is 13.4. The molecule has 0 aliphatic heterocycles. The van der Waals surface area contributed by atoms with Crippen molar-refractivity contribution in [3.63, 3.8) is 0 Å². The number of aromatic nitrogens is 5. The van der Waals surface area contributed by atoms with Crippen LogP contribution in [0.15, 0.2) is 90.1 Å². The van der Waals surface area contributed by atoms with E-state index in [0.29, 0.717) is 28.0 Å². The normalized spacial score (nSPS) is 10.7. The molecule has 1 N–H and O–H groups in total. The number of carbonyl (C=O) groups is 1. The van der Waals surface area contributed by atoms with Crippen molar-refractivity contribution in [3.05, 3.63) is 108 Å². The number of ether oxygens (including phenoxy) is 2. The number of para-hydroxylation sites is 1. The third-order valence-corrected chi connectivity index (χ3v) is 6.54. The third-order valence-electron chi connectivity index (χ3n) is 5.69. The molecule has 0 atom stereocenters. The molecule has 0 saturated heterocycles. The summed E-state index contributed by atoms with van der Waals surface area (Å²) in [5.74, 6) is 2.13. The van der Waals surface area contributed by atoms with Crippen LogP contribution in [0.3, 0.4) is 0 Å². The van der Waals surface area contributed by atoms with Crippen LogP contribution in [0.4, 0.5) is 5.69 Å². The fourth-order valence-electron chi connectivity index (χ4n) is 3.85. The van der Waals surface area contributed by atoms with Crippen molar-refractivity contribution in [2.24, 2.45) is 0 Å². The number of nitrogens with one attached hydrogen (secondary N) is 1. The van der Waals surface area contributed by atoms with Gasteiger partial charge in [0.15, 0.2) is 10.9 Å². The van der Waals surface area contributed by atoms with Gasteiger partial charge in [0.05, 0.1) is 18.5 Å². The predicted octanol–water partition coefficient (Wildman–Crippen LogP) is 6.02. The Kier molecular flexibility index (Phi) is 7.83. The number of benzene rings is 3. The Morgan fingerprint density at radius 1 is 0.872 bits per heavy atom. The lowest BCUT2D eigenvalue weighted by Crippen LogP contribution is -2.15. The monoisotopic (exact) mass is 538 g/mol. The Balaban J connectivity index is 1.38. The average molecular weight is 539 g/mol. The van der Waals surface area contributed by atoms with Crippen LogP contribution in [-0.4, -0.2) is 38.0 Å². The first kappa shape index (κ1) is 25.9. The Bertz CT molecular complexity index is 1550. The molecule has 0 aliphatic rings. The number of thioether (sulfide) groups is 1. The smallest absolute Gasteiger partial charge is 0.278 e. The van der Waals surface area contributed by atoms with Crippen molar-refractivity contribution >= 4 is 23.4 Å². The van der Waals surface area contributed by atoms with Crippen molar-refractivity contribution in [2.45, 2.75) is 24.8 Å². The molecule has 196 valence electrons. The van der Waals surface area contributed by atoms with E-state index < -0.39 is 0 Å². The molecule has 9 nitrogen and oxygen atoms in total. The van der Waals surface area contributed by atoms with Crippen LogP contribution in [0, 0.1) is 13.8 Å². The summed E-state index contributed by atoms with van der Waals surface area (Å²) >= 11 is 1.42. The van der Waals surface area contributed by atoms with Gasteiger partial charge in [0.25, 0.3) is 5.91 Å². The summed E-state index contributed by atoms with van der Waals surface area (Å²) in [7, 11) is 1.61. The maximum Gasteiger partial charge on any atom is 0.278 e. The number of hydrogen-bond donors (Lipinski definition) is 1. The van der Waals surface area contributed by atoms with Crippen LogP contribution >= 0.6 is 11.8 Å². The highest BCUT2D eigenvalue weighted by Gasteiger charge is 2.22. The molecule has 2 aromatic heterocycles. The van der Waals surface area contributed by atoms with Gasteiger partial charge in [0.2, 0.25) is 0 Å². The number of carbonyl (C=O) groups excluding carboxylic acids is 1. The van der Waals surface area contributed by atoms with Gasteiger partial charge in [-0.2, -0.15) is 0 Å². The van der Waals surface area contributed by atoms with E-state index in [4.69, 9.17) is 9.47 Å². The lowest BCUT2D eigenvalue weighted by atomic mass is 10.2. The van der Waals surface area contributed by atoms with Gasteiger partial charge in [-0.3, -0.25) is 4.79 Å². The van der Waals surface area contributed by atoms with Gasteiger partial charge in [-0.25, -0.2) is 14.6 Å². The quantitative estimate of drug-likeness (QED) is 0.179. The van der Waals surface area contributed by atoms with Crippen LogP contribution in [0.2, 0.25) is 0 Å². The summed E-state index contributed by atoms with van der Waals surface area (Å²) in [6.07, 6.45) is 0. The van der Waals surface area contributed by atoms with E-state index in [2.05, 4.69) is 25.6 Å². The second-order valence-electron chi connectivity index (χ2n) is 8.61. The predicted molar refractivity (Wildman–Crippen MR) is 150 cm³/mol. The zero-order valence-electron chi connectivity index (χ0n) is 21.7. The first-order valence-electron chi connectivity index (χ1n) is 12.2. The van der Waals surface area contributed by atoms with Crippen molar-refractivity contribution in [1.82, 2.24) is 25.0 Å². The van der Waals surface area contributed by atoms with Gasteiger partial charge in [-0.05, 0) is 80.6 Å². The number of nitrogens with zero attached hydrogens (tertiary/aromatic N) is 5. The minimum Gasteiger partial charge on any atom is -0.497 e. The highest BCUT2D eigenvalue weighted by molar-refractivity contribution is 7.98. The molecule has 0 bridgehead atoms. The van der Waals surface area contributed by atoms with Crippen molar-refractivity contribution in [3.8, 4) is 22.9 Å². The number of aryl methyl sites for hydroxylation is 2. The fourth-order valence-corrected chi connectivity index (χ4v) is 4.79. The molecule has 1 amide bonds. The summed E-state index contributed by atoms with van der Waals surface area (Å²) in [4.78, 5) is 22.4. The number of amides is 1. The molecule has 5 aromatic rings. The van der Waals surface area contributed by atoms with Crippen LogP contribution < -0.4 is 14.8 Å². The Labute approximate surface area is 230 Å². The van der Waals surface area contributed by atoms with E-state index in [1.165, 1.54) is 11.8 Å². The standard InChI is InChI=1S/C29H26N6O3S/c1-19-17-20(2)31-29(30-19)39-18-26-27(33-34-35(26)22-11-15-23(37-3)16-12-22)28(36)32-21-9-13-25(14-10-21)38-24-7-5-4-6-8-24/h4-17H,18H2,1-3H3,(H,32,36). The highest BCUT2D eigenvalue weighted by Crippen LogP contribution is 2.26. The summed E-state index contributed by atoms with van der Waals surface area (Å²) in [5.41, 5.74) is 3.95. The van der Waals surface area contributed by atoms with E-state index in [-0.39, 0.29) is 11.6 Å². The van der Waals surface area contributed by atoms with Gasteiger partial charge in [-0.1, -0.05) is 35.2 Å². The summed E-state index contributed by atoms with van der Waals surface area (Å²) < 4.78 is 12.8. The number of rotatable bonds is 9. The van der Waals surface area contributed by atoms with Gasteiger partial charge >= 0.3 is 0 Å². The molecule has 10 heteroatoms.